The number of anilines is 1. The number of nitrogens with one attached hydrogen (secondary N) is 1. The number of pyridine rings is 1. The zero-order chi connectivity index (χ0) is 16.1. The Morgan fingerprint density at radius 3 is 2.83 bits per heavy atom. The minimum atomic E-state index is -0.128. The molecule has 0 aliphatic carbocycles. The molecule has 3 aromatic rings. The molecule has 23 heavy (non-hydrogen) atoms. The smallest absolute Gasteiger partial charge is 0.257 e. The monoisotopic (exact) mass is 340 g/mol. The first-order valence-corrected chi connectivity index (χ1v) is 9.13. The van der Waals surface area contributed by atoms with Crippen LogP contribution < -0.4 is 5.32 Å². The van der Waals surface area contributed by atoms with Crippen molar-refractivity contribution in [3.63, 3.8) is 0 Å². The quantitative estimate of drug-likeness (QED) is 0.665. The van der Waals surface area contributed by atoms with Crippen molar-refractivity contribution in [1.29, 1.82) is 0 Å². The number of aryl methyl sites for hydroxylation is 1. The number of carbonyl (C=O) groups excluding carboxylic acids is 1. The van der Waals surface area contributed by atoms with E-state index in [1.165, 1.54) is 5.56 Å². The number of carbonyl (C=O) groups is 1. The fraction of sp³-hybridized carbons (Fsp3) is 0.111. The summed E-state index contributed by atoms with van der Waals surface area (Å²) in [6.07, 6.45) is 0. The summed E-state index contributed by atoms with van der Waals surface area (Å²) < 4.78 is 0. The molecule has 1 aromatic carbocycles. The number of hydrogen-bond donors (Lipinski definition) is 1. The van der Waals surface area contributed by atoms with Gasteiger partial charge in [-0.15, -0.1) is 11.8 Å². The predicted octanol–water partition coefficient (Wildman–Crippen LogP) is 5.00. The summed E-state index contributed by atoms with van der Waals surface area (Å²) in [5.74, 6) is 1.31. The number of rotatable bonds is 5. The molecule has 2 aromatic heterocycles. The first kappa shape index (κ1) is 15.8. The average molecular weight is 340 g/mol. The molecule has 3 nitrogen and oxygen atoms in total. The van der Waals surface area contributed by atoms with Crippen molar-refractivity contribution in [3.05, 3.63) is 76.1 Å². The normalized spacial score (nSPS) is 10.5. The van der Waals surface area contributed by atoms with Gasteiger partial charge in [-0.3, -0.25) is 4.79 Å². The molecule has 5 heteroatoms. The Morgan fingerprint density at radius 1 is 1.17 bits per heavy atom. The van der Waals surface area contributed by atoms with E-state index in [4.69, 9.17) is 0 Å². The second-order valence-electron chi connectivity index (χ2n) is 5.03. The molecule has 2 heterocycles. The van der Waals surface area contributed by atoms with Gasteiger partial charge in [-0.1, -0.05) is 18.2 Å². The number of amides is 1. The number of aromatic nitrogens is 1. The summed E-state index contributed by atoms with van der Waals surface area (Å²) in [6.45, 7) is 1.90. The third-order valence-electron chi connectivity index (χ3n) is 3.24. The van der Waals surface area contributed by atoms with E-state index >= 15 is 0 Å². The van der Waals surface area contributed by atoms with Crippen LogP contribution in [0.4, 0.5) is 5.82 Å². The van der Waals surface area contributed by atoms with Gasteiger partial charge in [0.2, 0.25) is 0 Å². The molecule has 116 valence electrons. The summed E-state index contributed by atoms with van der Waals surface area (Å²) in [7, 11) is 0. The molecule has 0 unspecified atom stereocenters. The Hall–Kier alpha value is -2.11. The van der Waals surface area contributed by atoms with E-state index in [0.717, 1.165) is 16.3 Å². The molecule has 0 saturated heterocycles. The van der Waals surface area contributed by atoms with E-state index < -0.39 is 0 Å². The number of nitrogens with zero attached hydrogens (tertiary/aromatic N) is 1. The summed E-state index contributed by atoms with van der Waals surface area (Å²) in [5.41, 5.74) is 2.83. The lowest BCUT2D eigenvalue weighted by atomic mass is 10.2. The van der Waals surface area contributed by atoms with Crippen LogP contribution in [0, 0.1) is 6.92 Å². The number of benzene rings is 1. The molecule has 1 amide bonds. The minimum absolute atomic E-state index is 0.128. The van der Waals surface area contributed by atoms with Gasteiger partial charge in [0.25, 0.3) is 5.91 Å². The summed E-state index contributed by atoms with van der Waals surface area (Å²) in [6, 6.07) is 15.4. The van der Waals surface area contributed by atoms with Crippen molar-refractivity contribution >= 4 is 34.8 Å². The van der Waals surface area contributed by atoms with Gasteiger partial charge in [0.05, 0.1) is 5.56 Å². The van der Waals surface area contributed by atoms with Crippen molar-refractivity contribution in [2.24, 2.45) is 0 Å². The Bertz CT molecular complexity index is 800. The average Bonchev–Trinajstić information content (AvgIpc) is 3.06. The van der Waals surface area contributed by atoms with Crippen LogP contribution in [-0.4, -0.2) is 10.9 Å². The van der Waals surface area contributed by atoms with Crippen LogP contribution in [-0.2, 0) is 5.75 Å². The standard InChI is InChI=1S/C18H16N2OS2/c1-13-5-4-8-17(19-13)20-18(21)15-6-2-3-7-16(15)23-12-14-9-10-22-11-14/h2-11H,12H2,1H3,(H,19,20,21). The fourth-order valence-electron chi connectivity index (χ4n) is 2.11. The van der Waals surface area contributed by atoms with E-state index in [-0.39, 0.29) is 5.91 Å². The SMILES string of the molecule is Cc1cccc(NC(=O)c2ccccc2SCc2ccsc2)n1. The minimum Gasteiger partial charge on any atom is -0.307 e. The molecular weight excluding hydrogens is 324 g/mol. The third-order valence-corrected chi connectivity index (χ3v) is 5.11. The van der Waals surface area contributed by atoms with Gasteiger partial charge in [-0.2, -0.15) is 11.3 Å². The first-order valence-electron chi connectivity index (χ1n) is 7.20. The van der Waals surface area contributed by atoms with E-state index in [2.05, 4.69) is 27.1 Å². The maximum atomic E-state index is 12.5. The summed E-state index contributed by atoms with van der Waals surface area (Å²) in [4.78, 5) is 17.8. The third kappa shape index (κ3) is 4.21. The zero-order valence-electron chi connectivity index (χ0n) is 12.7. The van der Waals surface area contributed by atoms with Crippen LogP contribution in [0.5, 0.6) is 0 Å². The molecule has 1 N–H and O–H groups in total. The Balaban J connectivity index is 1.75. The van der Waals surface area contributed by atoms with Crippen molar-refractivity contribution in [2.75, 3.05) is 5.32 Å². The molecule has 0 bridgehead atoms. The maximum absolute atomic E-state index is 12.5. The van der Waals surface area contributed by atoms with E-state index in [1.54, 1.807) is 29.2 Å². The van der Waals surface area contributed by atoms with Crippen LogP contribution in [0.15, 0.2) is 64.2 Å². The highest BCUT2D eigenvalue weighted by Crippen LogP contribution is 2.27. The van der Waals surface area contributed by atoms with Gasteiger partial charge < -0.3 is 5.32 Å². The van der Waals surface area contributed by atoms with Gasteiger partial charge in [-0.25, -0.2) is 4.98 Å². The van der Waals surface area contributed by atoms with Crippen LogP contribution in [0.3, 0.4) is 0 Å². The summed E-state index contributed by atoms with van der Waals surface area (Å²) >= 11 is 3.36. The van der Waals surface area contributed by atoms with Crippen molar-refractivity contribution in [3.8, 4) is 0 Å². The Kier molecular flexibility index (Phi) is 5.10. The highest BCUT2D eigenvalue weighted by Gasteiger charge is 2.12. The molecule has 3 rings (SSSR count). The van der Waals surface area contributed by atoms with Gasteiger partial charge in [0, 0.05) is 16.3 Å². The van der Waals surface area contributed by atoms with E-state index in [9.17, 15) is 4.79 Å². The van der Waals surface area contributed by atoms with E-state index in [0.29, 0.717) is 11.4 Å². The van der Waals surface area contributed by atoms with Crippen LogP contribution in [0.25, 0.3) is 0 Å². The van der Waals surface area contributed by atoms with Crippen LogP contribution >= 0.6 is 23.1 Å². The van der Waals surface area contributed by atoms with Crippen molar-refractivity contribution in [2.45, 2.75) is 17.6 Å². The van der Waals surface area contributed by atoms with Crippen molar-refractivity contribution in [1.82, 2.24) is 4.98 Å². The zero-order valence-corrected chi connectivity index (χ0v) is 14.3. The highest BCUT2D eigenvalue weighted by molar-refractivity contribution is 7.98. The molecule has 0 spiro atoms. The number of hydrogen-bond acceptors (Lipinski definition) is 4. The Labute approximate surface area is 143 Å². The topological polar surface area (TPSA) is 42.0 Å². The highest BCUT2D eigenvalue weighted by atomic mass is 32.2. The van der Waals surface area contributed by atoms with Gasteiger partial charge in [0.15, 0.2) is 0 Å². The van der Waals surface area contributed by atoms with Gasteiger partial charge >= 0.3 is 0 Å². The largest absolute Gasteiger partial charge is 0.307 e. The fourth-order valence-corrected chi connectivity index (χ4v) is 3.88. The number of thiophene rings is 1. The van der Waals surface area contributed by atoms with Gasteiger partial charge in [0.1, 0.15) is 5.82 Å². The molecular formula is C18H16N2OS2. The lowest BCUT2D eigenvalue weighted by Gasteiger charge is -2.09. The lowest BCUT2D eigenvalue weighted by Crippen LogP contribution is -2.14. The second-order valence-corrected chi connectivity index (χ2v) is 6.83. The molecule has 0 fully saturated rings. The Morgan fingerprint density at radius 2 is 2.04 bits per heavy atom. The van der Waals surface area contributed by atoms with Crippen LogP contribution in [0.1, 0.15) is 21.6 Å². The second kappa shape index (κ2) is 7.44. The molecule has 0 radical (unpaired) electrons. The number of thioether (sulfide) groups is 1. The molecule has 0 atom stereocenters. The van der Waals surface area contributed by atoms with E-state index in [1.807, 2.05) is 43.3 Å². The first-order chi connectivity index (χ1) is 11.2. The molecule has 0 aliphatic rings. The molecule has 0 aliphatic heterocycles. The predicted molar refractivity (Wildman–Crippen MR) is 97.2 cm³/mol. The molecule has 0 saturated carbocycles. The van der Waals surface area contributed by atoms with Gasteiger partial charge in [-0.05, 0) is 53.6 Å². The summed E-state index contributed by atoms with van der Waals surface area (Å²) in [5, 5.41) is 7.07. The van der Waals surface area contributed by atoms with Crippen LogP contribution in [0.2, 0.25) is 0 Å². The van der Waals surface area contributed by atoms with Crippen molar-refractivity contribution < 1.29 is 4.79 Å². The maximum Gasteiger partial charge on any atom is 0.257 e. The lowest BCUT2D eigenvalue weighted by molar-refractivity contribution is 0.102.